The second-order valence-electron chi connectivity index (χ2n) is 5.38. The van der Waals surface area contributed by atoms with Gasteiger partial charge in [-0.2, -0.15) is 0 Å². The van der Waals surface area contributed by atoms with Crippen LogP contribution in [-0.2, 0) is 0 Å². The van der Waals surface area contributed by atoms with E-state index in [1.807, 2.05) is 11.8 Å². The summed E-state index contributed by atoms with van der Waals surface area (Å²) in [5.74, 6) is 1.87. The zero-order valence-electron chi connectivity index (χ0n) is 10.3. The Morgan fingerprint density at radius 2 is 2.33 bits per heavy atom. The third kappa shape index (κ3) is 1.54. The minimum absolute atomic E-state index is 0.670. The van der Waals surface area contributed by atoms with Crippen molar-refractivity contribution in [2.45, 2.75) is 29.7 Å². The van der Waals surface area contributed by atoms with Crippen LogP contribution in [0.3, 0.4) is 0 Å². The number of anilines is 1. The topological polar surface area (TPSA) is 15.3 Å². The Bertz CT molecular complexity index is 491. The van der Waals surface area contributed by atoms with Gasteiger partial charge in [-0.15, -0.1) is 11.8 Å². The van der Waals surface area contributed by atoms with Gasteiger partial charge in [0.2, 0.25) is 0 Å². The lowest BCUT2D eigenvalue weighted by atomic mass is 9.90. The van der Waals surface area contributed by atoms with Gasteiger partial charge in [0.1, 0.15) is 0 Å². The van der Waals surface area contributed by atoms with E-state index in [1.54, 1.807) is 0 Å². The molecule has 4 heteroatoms. The molecule has 3 heterocycles. The van der Waals surface area contributed by atoms with Crippen molar-refractivity contribution in [2.75, 3.05) is 30.3 Å². The number of benzene rings is 1. The molecule has 1 aromatic rings. The Morgan fingerprint density at radius 3 is 3.28 bits per heavy atom. The van der Waals surface area contributed by atoms with Crippen molar-refractivity contribution in [3.63, 3.8) is 0 Å². The molecule has 18 heavy (non-hydrogen) atoms. The van der Waals surface area contributed by atoms with Crippen LogP contribution in [0.4, 0.5) is 5.69 Å². The average Bonchev–Trinajstić information content (AvgIpc) is 2.57. The minimum Gasteiger partial charge on any atom is -0.367 e. The highest BCUT2D eigenvalue weighted by atomic mass is 35.5. The summed E-state index contributed by atoms with van der Waals surface area (Å²) in [4.78, 5) is 3.99. The monoisotopic (exact) mass is 280 g/mol. The van der Waals surface area contributed by atoms with Gasteiger partial charge in [-0.25, -0.2) is 0 Å². The summed E-state index contributed by atoms with van der Waals surface area (Å²) < 4.78 is 0. The van der Waals surface area contributed by atoms with Crippen LogP contribution >= 0.6 is 23.4 Å². The fourth-order valence-electron chi connectivity index (χ4n) is 3.68. The third-order valence-corrected chi connectivity index (χ3v) is 6.06. The molecule has 0 spiro atoms. The minimum atomic E-state index is 0.670. The number of fused-ring (bicyclic) bond motifs is 3. The number of nitrogens with zero attached hydrogens (tertiary/aromatic N) is 1. The molecule has 1 saturated heterocycles. The summed E-state index contributed by atoms with van der Waals surface area (Å²) in [6, 6.07) is 5.07. The number of thioether (sulfide) groups is 1. The summed E-state index contributed by atoms with van der Waals surface area (Å²) in [6.45, 7) is 3.48. The second kappa shape index (κ2) is 4.32. The van der Waals surface area contributed by atoms with Crippen molar-refractivity contribution < 1.29 is 0 Å². The zero-order valence-corrected chi connectivity index (χ0v) is 11.9. The highest BCUT2D eigenvalue weighted by Crippen LogP contribution is 2.51. The predicted molar refractivity (Wildman–Crippen MR) is 78.2 cm³/mol. The highest BCUT2D eigenvalue weighted by molar-refractivity contribution is 7.99. The molecule has 1 aromatic carbocycles. The number of rotatable bonds is 0. The number of hydrogen-bond donors (Lipinski definition) is 1. The van der Waals surface area contributed by atoms with E-state index < -0.39 is 0 Å². The van der Waals surface area contributed by atoms with Crippen LogP contribution in [-0.4, -0.2) is 31.4 Å². The van der Waals surface area contributed by atoms with Crippen LogP contribution in [0.1, 0.15) is 24.3 Å². The van der Waals surface area contributed by atoms with E-state index in [0.29, 0.717) is 12.0 Å². The molecule has 0 aromatic heterocycles. The lowest BCUT2D eigenvalue weighted by Gasteiger charge is -2.33. The third-order valence-electron chi connectivity index (χ3n) is 4.44. The van der Waals surface area contributed by atoms with Crippen LogP contribution < -0.4 is 10.2 Å². The number of piperidine rings is 1. The molecule has 0 aliphatic carbocycles. The maximum Gasteiger partial charge on any atom is 0.0563 e. The smallest absolute Gasteiger partial charge is 0.0563 e. The van der Waals surface area contributed by atoms with Crippen molar-refractivity contribution in [1.82, 2.24) is 5.32 Å². The molecular weight excluding hydrogens is 264 g/mol. The molecule has 0 bridgehead atoms. The molecule has 0 radical (unpaired) electrons. The largest absolute Gasteiger partial charge is 0.367 e. The van der Waals surface area contributed by atoms with Crippen molar-refractivity contribution in [3.05, 3.63) is 22.7 Å². The van der Waals surface area contributed by atoms with Crippen molar-refractivity contribution in [2.24, 2.45) is 0 Å². The van der Waals surface area contributed by atoms with Gasteiger partial charge in [0.15, 0.2) is 0 Å². The SMILES string of the molecule is Clc1ccc2c3c1SCCCN3[C@H]1CCNC[C@@H]21. The van der Waals surface area contributed by atoms with Gasteiger partial charge in [-0.3, -0.25) is 0 Å². The van der Waals surface area contributed by atoms with Gasteiger partial charge < -0.3 is 10.2 Å². The maximum absolute atomic E-state index is 6.41. The predicted octanol–water partition coefficient (Wildman–Crippen LogP) is 3.10. The van der Waals surface area contributed by atoms with Gasteiger partial charge in [0.25, 0.3) is 0 Å². The van der Waals surface area contributed by atoms with Crippen LogP contribution in [0.15, 0.2) is 17.0 Å². The molecule has 0 amide bonds. The Morgan fingerprint density at radius 1 is 1.39 bits per heavy atom. The number of nitrogens with one attached hydrogen (secondary N) is 1. The lowest BCUT2D eigenvalue weighted by Crippen LogP contribution is -2.44. The Labute approximate surface area is 117 Å². The van der Waals surface area contributed by atoms with Crippen molar-refractivity contribution in [1.29, 1.82) is 0 Å². The van der Waals surface area contributed by atoms with E-state index >= 15 is 0 Å². The molecule has 96 valence electrons. The van der Waals surface area contributed by atoms with Crippen molar-refractivity contribution >= 4 is 29.1 Å². The van der Waals surface area contributed by atoms with Crippen LogP contribution in [0.2, 0.25) is 5.02 Å². The summed E-state index contributed by atoms with van der Waals surface area (Å²) in [5.41, 5.74) is 2.99. The van der Waals surface area contributed by atoms with Gasteiger partial charge in [-0.05, 0) is 36.8 Å². The quantitative estimate of drug-likeness (QED) is 0.786. The molecule has 0 unspecified atom stereocenters. The molecule has 1 fully saturated rings. The van der Waals surface area contributed by atoms with Gasteiger partial charge in [0.05, 0.1) is 10.7 Å². The van der Waals surface area contributed by atoms with Crippen LogP contribution in [0.25, 0.3) is 0 Å². The fourth-order valence-corrected chi connectivity index (χ4v) is 5.05. The zero-order chi connectivity index (χ0) is 12.1. The first-order valence-corrected chi connectivity index (χ1v) is 8.15. The lowest BCUT2D eigenvalue weighted by molar-refractivity contribution is 0.403. The summed E-state index contributed by atoms with van der Waals surface area (Å²) in [5, 5.41) is 4.49. The molecule has 1 N–H and O–H groups in total. The standard InChI is InChI=1S/C14H17ClN2S/c15-11-3-2-9-10-8-16-5-4-12(10)17-6-1-7-18-14(11)13(9)17/h2-3,10,12,16H,1,4-8H2/t10-,12-/m0/s1. The summed E-state index contributed by atoms with van der Waals surface area (Å²) >= 11 is 8.36. The fraction of sp³-hybridized carbons (Fsp3) is 0.571. The Hall–Kier alpha value is -0.380. The first-order valence-electron chi connectivity index (χ1n) is 6.79. The molecule has 3 aliphatic heterocycles. The first kappa shape index (κ1) is 11.4. The van der Waals surface area contributed by atoms with Gasteiger partial charge in [-0.1, -0.05) is 17.7 Å². The molecule has 0 saturated carbocycles. The van der Waals surface area contributed by atoms with Crippen LogP contribution in [0, 0.1) is 0 Å². The molecule has 2 atom stereocenters. The normalized spacial score (nSPS) is 29.7. The van der Waals surface area contributed by atoms with E-state index in [1.165, 1.54) is 41.3 Å². The summed E-state index contributed by atoms with van der Waals surface area (Å²) in [7, 11) is 0. The van der Waals surface area contributed by atoms with E-state index in [4.69, 9.17) is 11.6 Å². The average molecular weight is 281 g/mol. The summed E-state index contributed by atoms with van der Waals surface area (Å²) in [6.07, 6.45) is 2.53. The van der Waals surface area contributed by atoms with E-state index in [2.05, 4.69) is 22.3 Å². The maximum atomic E-state index is 6.41. The van der Waals surface area contributed by atoms with E-state index in [-0.39, 0.29) is 0 Å². The number of hydrogen-bond acceptors (Lipinski definition) is 3. The van der Waals surface area contributed by atoms with Crippen LogP contribution in [0.5, 0.6) is 0 Å². The number of halogens is 1. The van der Waals surface area contributed by atoms with Gasteiger partial charge >= 0.3 is 0 Å². The highest BCUT2D eigenvalue weighted by Gasteiger charge is 2.41. The Kier molecular flexibility index (Phi) is 2.75. The van der Waals surface area contributed by atoms with Gasteiger partial charge in [0, 0.05) is 29.9 Å². The van der Waals surface area contributed by atoms with Crippen molar-refractivity contribution in [3.8, 4) is 0 Å². The first-order chi connectivity index (χ1) is 8.86. The molecule has 2 nitrogen and oxygen atoms in total. The van der Waals surface area contributed by atoms with E-state index in [9.17, 15) is 0 Å². The van der Waals surface area contributed by atoms with E-state index in [0.717, 1.165) is 18.1 Å². The molecular formula is C14H17ClN2S. The second-order valence-corrected chi connectivity index (χ2v) is 6.89. The Balaban J connectivity index is 1.90. The molecule has 3 aliphatic rings. The molecule has 4 rings (SSSR count).